The predicted octanol–water partition coefficient (Wildman–Crippen LogP) is 1.77. The van der Waals surface area contributed by atoms with Gasteiger partial charge in [0.2, 0.25) is 0 Å². The summed E-state index contributed by atoms with van der Waals surface area (Å²) in [6.45, 7) is 3.50. The van der Waals surface area contributed by atoms with E-state index in [-0.39, 0.29) is 24.7 Å². The summed E-state index contributed by atoms with van der Waals surface area (Å²) in [5, 5.41) is 6.23. The number of amides is 1. The second kappa shape index (κ2) is 7.44. The topological polar surface area (TPSA) is 90.7 Å². The quantitative estimate of drug-likeness (QED) is 0.816. The first-order valence-electron chi connectivity index (χ1n) is 7.04. The Balaban J connectivity index is 2.08. The number of nitrogens with zero attached hydrogens (tertiary/aromatic N) is 1. The number of carbonyl (C=O) groups is 2. The average molecular weight is 318 g/mol. The van der Waals surface area contributed by atoms with Crippen LogP contribution in [-0.2, 0) is 16.1 Å². The van der Waals surface area contributed by atoms with Gasteiger partial charge >= 0.3 is 5.97 Å². The van der Waals surface area contributed by atoms with E-state index in [1.165, 1.54) is 7.05 Å². The molecule has 0 saturated heterocycles. The van der Waals surface area contributed by atoms with Crippen LogP contribution in [0.3, 0.4) is 0 Å². The maximum atomic E-state index is 12.1. The van der Waals surface area contributed by atoms with Crippen LogP contribution < -0.4 is 10.1 Å². The summed E-state index contributed by atoms with van der Waals surface area (Å²) in [7, 11) is 1.47. The number of nitrogens with one attached hydrogen (secondary N) is 1. The van der Waals surface area contributed by atoms with E-state index in [4.69, 9.17) is 14.0 Å². The Labute approximate surface area is 133 Å². The zero-order valence-electron chi connectivity index (χ0n) is 13.2. The molecule has 0 fully saturated rings. The number of hydrogen-bond acceptors (Lipinski definition) is 6. The average Bonchev–Trinajstić information content (AvgIpc) is 2.89. The van der Waals surface area contributed by atoms with E-state index < -0.39 is 5.97 Å². The highest BCUT2D eigenvalue weighted by Gasteiger charge is 2.16. The van der Waals surface area contributed by atoms with Crippen LogP contribution in [-0.4, -0.2) is 30.7 Å². The summed E-state index contributed by atoms with van der Waals surface area (Å²) < 4.78 is 15.7. The van der Waals surface area contributed by atoms with Crippen molar-refractivity contribution in [2.75, 3.05) is 13.7 Å². The van der Waals surface area contributed by atoms with Crippen LogP contribution in [0.4, 0.5) is 0 Å². The van der Waals surface area contributed by atoms with Crippen LogP contribution >= 0.6 is 0 Å². The van der Waals surface area contributed by atoms with E-state index in [1.54, 1.807) is 31.2 Å². The molecule has 0 unspecified atom stereocenters. The highest BCUT2D eigenvalue weighted by Crippen LogP contribution is 2.22. The smallest absolute Gasteiger partial charge is 0.342 e. The van der Waals surface area contributed by atoms with Gasteiger partial charge in [0.1, 0.15) is 23.7 Å². The van der Waals surface area contributed by atoms with Gasteiger partial charge in [-0.1, -0.05) is 17.3 Å². The van der Waals surface area contributed by atoms with E-state index in [0.29, 0.717) is 11.5 Å². The third-order valence-electron chi connectivity index (χ3n) is 3.27. The molecule has 2 aromatic rings. The fourth-order valence-corrected chi connectivity index (χ4v) is 1.90. The highest BCUT2D eigenvalue weighted by atomic mass is 16.5. The van der Waals surface area contributed by atoms with Gasteiger partial charge in [0, 0.05) is 7.05 Å². The third kappa shape index (κ3) is 4.09. The van der Waals surface area contributed by atoms with Crippen LogP contribution in [0.25, 0.3) is 0 Å². The minimum Gasteiger partial charge on any atom is -0.488 e. The molecule has 122 valence electrons. The Kier molecular flexibility index (Phi) is 5.35. The molecule has 1 amide bonds. The monoisotopic (exact) mass is 318 g/mol. The first-order chi connectivity index (χ1) is 11.0. The van der Waals surface area contributed by atoms with E-state index in [2.05, 4.69) is 10.5 Å². The van der Waals surface area contributed by atoms with Crippen LogP contribution in [0.15, 0.2) is 28.8 Å². The van der Waals surface area contributed by atoms with Crippen molar-refractivity contribution >= 4 is 11.9 Å². The van der Waals surface area contributed by atoms with E-state index in [9.17, 15) is 9.59 Å². The normalized spacial score (nSPS) is 10.2. The lowest BCUT2D eigenvalue weighted by Gasteiger charge is -2.11. The van der Waals surface area contributed by atoms with Crippen molar-refractivity contribution in [1.29, 1.82) is 0 Å². The maximum Gasteiger partial charge on any atom is 0.342 e. The molecule has 23 heavy (non-hydrogen) atoms. The molecular weight excluding hydrogens is 300 g/mol. The molecule has 7 heteroatoms. The second-order valence-corrected chi connectivity index (χ2v) is 4.84. The van der Waals surface area contributed by atoms with Gasteiger partial charge in [-0.2, -0.15) is 0 Å². The Bertz CT molecular complexity index is 689. The van der Waals surface area contributed by atoms with Crippen LogP contribution in [0.2, 0.25) is 0 Å². The van der Waals surface area contributed by atoms with Gasteiger partial charge < -0.3 is 19.3 Å². The molecule has 0 aliphatic heterocycles. The Morgan fingerprint density at radius 3 is 2.65 bits per heavy atom. The molecule has 0 saturated carbocycles. The largest absolute Gasteiger partial charge is 0.488 e. The lowest BCUT2D eigenvalue weighted by molar-refractivity contribution is -0.123. The van der Waals surface area contributed by atoms with Crippen molar-refractivity contribution in [3.05, 3.63) is 46.8 Å². The molecule has 0 radical (unpaired) electrons. The molecule has 0 spiro atoms. The number of esters is 1. The number of aromatic nitrogens is 1. The Hall–Kier alpha value is -2.83. The van der Waals surface area contributed by atoms with Gasteiger partial charge in [0.15, 0.2) is 6.61 Å². The number of likely N-dealkylation sites (N-methyl/N-ethyl adjacent to an activating group) is 1. The fourth-order valence-electron chi connectivity index (χ4n) is 1.90. The number of carbonyl (C=O) groups excluding carboxylic acids is 2. The van der Waals surface area contributed by atoms with E-state index in [0.717, 1.165) is 11.3 Å². The predicted molar refractivity (Wildman–Crippen MR) is 81.1 cm³/mol. The standard InChI is InChI=1S/C16H18N2O5/c1-10-13(11(2)23-18-10)8-21-14-7-5-4-6-12(14)16(20)22-9-15(19)17-3/h4-7H,8-9H2,1-3H3,(H,17,19). The summed E-state index contributed by atoms with van der Waals surface area (Å²) in [6.07, 6.45) is 0. The second-order valence-electron chi connectivity index (χ2n) is 4.84. The van der Waals surface area contributed by atoms with Gasteiger partial charge in [0.25, 0.3) is 5.91 Å². The Morgan fingerprint density at radius 2 is 2.00 bits per heavy atom. The lowest BCUT2D eigenvalue weighted by Crippen LogP contribution is -2.25. The Morgan fingerprint density at radius 1 is 1.26 bits per heavy atom. The lowest BCUT2D eigenvalue weighted by atomic mass is 10.2. The summed E-state index contributed by atoms with van der Waals surface area (Å²) >= 11 is 0. The fraction of sp³-hybridized carbons (Fsp3) is 0.312. The highest BCUT2D eigenvalue weighted by molar-refractivity contribution is 5.93. The summed E-state index contributed by atoms with van der Waals surface area (Å²) in [4.78, 5) is 23.2. The van der Waals surface area contributed by atoms with Gasteiger partial charge in [-0.3, -0.25) is 4.79 Å². The summed E-state index contributed by atoms with van der Waals surface area (Å²) in [5.74, 6) is 0.0343. The molecule has 7 nitrogen and oxygen atoms in total. The third-order valence-corrected chi connectivity index (χ3v) is 3.27. The van der Waals surface area contributed by atoms with Crippen molar-refractivity contribution < 1.29 is 23.6 Å². The number of benzene rings is 1. The van der Waals surface area contributed by atoms with Crippen LogP contribution in [0, 0.1) is 13.8 Å². The van der Waals surface area contributed by atoms with Crippen molar-refractivity contribution in [1.82, 2.24) is 10.5 Å². The first-order valence-corrected chi connectivity index (χ1v) is 7.04. The zero-order chi connectivity index (χ0) is 16.8. The van der Waals surface area contributed by atoms with E-state index >= 15 is 0 Å². The van der Waals surface area contributed by atoms with Gasteiger partial charge in [-0.15, -0.1) is 0 Å². The van der Waals surface area contributed by atoms with Crippen LogP contribution in [0.1, 0.15) is 27.4 Å². The molecule has 0 atom stereocenters. The SMILES string of the molecule is CNC(=O)COC(=O)c1ccccc1OCc1c(C)noc1C. The molecule has 1 heterocycles. The molecule has 2 rings (SSSR count). The van der Waals surface area contributed by atoms with Gasteiger partial charge in [-0.25, -0.2) is 4.79 Å². The van der Waals surface area contributed by atoms with Gasteiger partial charge in [0.05, 0.1) is 11.3 Å². The van der Waals surface area contributed by atoms with Crippen LogP contribution in [0.5, 0.6) is 5.75 Å². The molecular formula is C16H18N2O5. The number of ether oxygens (including phenoxy) is 2. The summed E-state index contributed by atoms with van der Waals surface area (Å²) in [6, 6.07) is 6.68. The maximum absolute atomic E-state index is 12.1. The summed E-state index contributed by atoms with van der Waals surface area (Å²) in [5.41, 5.74) is 1.82. The number of para-hydroxylation sites is 1. The molecule has 0 bridgehead atoms. The number of rotatable bonds is 6. The number of hydrogen-bond donors (Lipinski definition) is 1. The molecule has 1 N–H and O–H groups in total. The zero-order valence-corrected chi connectivity index (χ0v) is 13.2. The minimum atomic E-state index is -0.622. The number of aryl methyl sites for hydroxylation is 2. The van der Waals surface area contributed by atoms with E-state index in [1.807, 2.05) is 6.92 Å². The van der Waals surface area contributed by atoms with Crippen molar-refractivity contribution in [3.63, 3.8) is 0 Å². The first kappa shape index (κ1) is 16.5. The van der Waals surface area contributed by atoms with Gasteiger partial charge in [-0.05, 0) is 26.0 Å². The molecule has 1 aromatic carbocycles. The van der Waals surface area contributed by atoms with Crippen molar-refractivity contribution in [2.24, 2.45) is 0 Å². The molecule has 0 aliphatic rings. The molecule has 1 aromatic heterocycles. The van der Waals surface area contributed by atoms with Crippen molar-refractivity contribution in [2.45, 2.75) is 20.5 Å². The minimum absolute atomic E-state index is 0.223. The van der Waals surface area contributed by atoms with Crippen molar-refractivity contribution in [3.8, 4) is 5.75 Å². The molecule has 0 aliphatic carbocycles.